The van der Waals surface area contributed by atoms with Crippen LogP contribution in [0.3, 0.4) is 0 Å². The lowest BCUT2D eigenvalue weighted by atomic mass is 9.62. The number of benzene rings is 1. The molecule has 5 heteroatoms. The van der Waals surface area contributed by atoms with Crippen LogP contribution in [0.4, 0.5) is 0 Å². The second-order valence-electron chi connectivity index (χ2n) is 7.94. The van der Waals surface area contributed by atoms with Crippen LogP contribution in [0.2, 0.25) is 0 Å². The highest BCUT2D eigenvalue weighted by molar-refractivity contribution is 9.10. The Morgan fingerprint density at radius 1 is 1.19 bits per heavy atom. The molecule has 1 aromatic carbocycles. The van der Waals surface area contributed by atoms with Crippen LogP contribution in [0.15, 0.2) is 46.3 Å². The maximum absolute atomic E-state index is 12.6. The summed E-state index contributed by atoms with van der Waals surface area (Å²) in [5.74, 6) is 1.61. The van der Waals surface area contributed by atoms with Gasteiger partial charge in [0, 0.05) is 15.9 Å². The van der Waals surface area contributed by atoms with Crippen molar-refractivity contribution in [1.82, 2.24) is 4.72 Å². The van der Waals surface area contributed by atoms with Gasteiger partial charge in [0.05, 0.1) is 0 Å². The molecule has 2 bridgehead atoms. The number of rotatable bonds is 8. The van der Waals surface area contributed by atoms with Gasteiger partial charge in [0.2, 0.25) is 10.0 Å². The van der Waals surface area contributed by atoms with E-state index < -0.39 is 10.0 Å². The number of unbranched alkanes of at least 4 members (excludes halogenated alkanes) is 2. The fourth-order valence-corrected chi connectivity index (χ4v) is 5.88. The first kappa shape index (κ1) is 20.8. The molecule has 4 unspecified atom stereocenters. The molecule has 0 aliphatic heterocycles. The van der Waals surface area contributed by atoms with E-state index in [4.69, 9.17) is 0 Å². The van der Waals surface area contributed by atoms with Crippen LogP contribution in [0.25, 0.3) is 6.08 Å². The lowest BCUT2D eigenvalue weighted by molar-refractivity contribution is 0.0950. The zero-order valence-corrected chi connectivity index (χ0v) is 18.4. The van der Waals surface area contributed by atoms with E-state index in [1.807, 2.05) is 24.3 Å². The van der Waals surface area contributed by atoms with Gasteiger partial charge in [-0.15, -0.1) is 0 Å². The van der Waals surface area contributed by atoms with Crippen molar-refractivity contribution in [2.24, 2.45) is 17.8 Å². The van der Waals surface area contributed by atoms with Gasteiger partial charge in [-0.2, -0.15) is 0 Å². The summed E-state index contributed by atoms with van der Waals surface area (Å²) in [5.41, 5.74) is 0.880. The highest BCUT2D eigenvalue weighted by Crippen LogP contribution is 2.46. The van der Waals surface area contributed by atoms with Crippen molar-refractivity contribution in [2.75, 3.05) is 0 Å². The van der Waals surface area contributed by atoms with E-state index in [2.05, 4.69) is 39.7 Å². The second-order valence-corrected chi connectivity index (χ2v) is 10.5. The zero-order valence-electron chi connectivity index (χ0n) is 16.0. The number of sulfonamides is 1. The minimum Gasteiger partial charge on any atom is -0.208 e. The van der Waals surface area contributed by atoms with E-state index in [1.54, 1.807) is 6.08 Å². The molecule has 27 heavy (non-hydrogen) atoms. The van der Waals surface area contributed by atoms with Crippen LogP contribution >= 0.6 is 15.9 Å². The van der Waals surface area contributed by atoms with Gasteiger partial charge in [-0.1, -0.05) is 66.4 Å². The van der Waals surface area contributed by atoms with Crippen molar-refractivity contribution in [3.63, 3.8) is 0 Å². The molecule has 0 radical (unpaired) electrons. The Morgan fingerprint density at radius 2 is 1.96 bits per heavy atom. The number of nitrogens with one attached hydrogen (secondary N) is 1. The second kappa shape index (κ2) is 9.53. The van der Waals surface area contributed by atoms with Crippen molar-refractivity contribution >= 4 is 32.0 Å². The fraction of sp³-hybridized carbons (Fsp3) is 0.545. The van der Waals surface area contributed by atoms with E-state index in [9.17, 15) is 8.42 Å². The summed E-state index contributed by atoms with van der Waals surface area (Å²) in [4.78, 5) is 0. The predicted molar refractivity (Wildman–Crippen MR) is 117 cm³/mol. The van der Waals surface area contributed by atoms with Gasteiger partial charge in [-0.05, 0) is 67.2 Å². The van der Waals surface area contributed by atoms with E-state index in [1.165, 1.54) is 31.1 Å². The van der Waals surface area contributed by atoms with E-state index in [0.29, 0.717) is 17.8 Å². The highest BCUT2D eigenvalue weighted by Gasteiger charge is 2.42. The molecule has 3 fully saturated rings. The van der Waals surface area contributed by atoms with Crippen molar-refractivity contribution < 1.29 is 8.42 Å². The third-order valence-corrected chi connectivity index (χ3v) is 7.56. The summed E-state index contributed by atoms with van der Waals surface area (Å²) in [6, 6.07) is 7.69. The summed E-state index contributed by atoms with van der Waals surface area (Å²) < 4.78 is 29.2. The monoisotopic (exact) mass is 451 g/mol. The minimum atomic E-state index is -3.43. The van der Waals surface area contributed by atoms with Crippen molar-refractivity contribution in [2.45, 2.75) is 57.9 Å². The van der Waals surface area contributed by atoms with Crippen LogP contribution in [0, 0.1) is 17.8 Å². The largest absolute Gasteiger partial charge is 0.233 e. The normalized spacial score (nSPS) is 28.4. The molecule has 148 valence electrons. The SMILES string of the molecule is CCCCC=CC1CC2CCC1C(NS(=O)(=O)C=Cc1ccc(Br)cc1)C2. The Kier molecular flexibility index (Phi) is 7.35. The number of hydrogen-bond acceptors (Lipinski definition) is 2. The first-order valence-corrected chi connectivity index (χ1v) is 12.4. The quantitative estimate of drug-likeness (QED) is 0.395. The molecule has 1 aromatic rings. The van der Waals surface area contributed by atoms with Gasteiger partial charge in [-0.25, -0.2) is 13.1 Å². The number of halogens is 1. The first-order valence-electron chi connectivity index (χ1n) is 10.1. The fourth-order valence-electron chi connectivity index (χ4n) is 4.51. The first-order chi connectivity index (χ1) is 13.0. The number of allylic oxidation sites excluding steroid dienone is 2. The molecule has 0 spiro atoms. The molecule has 0 saturated heterocycles. The molecule has 0 heterocycles. The summed E-state index contributed by atoms with van der Waals surface area (Å²) in [6.45, 7) is 2.21. The lowest BCUT2D eigenvalue weighted by Crippen LogP contribution is -2.49. The average molecular weight is 452 g/mol. The van der Waals surface area contributed by atoms with Crippen LogP contribution in [0.5, 0.6) is 0 Å². The molecule has 3 nitrogen and oxygen atoms in total. The van der Waals surface area contributed by atoms with E-state index in [0.717, 1.165) is 29.3 Å². The standard InChI is InChI=1S/C22H30BrNO2S/c1-2-3-4-5-6-19-15-18-9-12-21(19)22(16-18)24-27(25,26)14-13-17-7-10-20(23)11-8-17/h5-8,10-11,13-14,18-19,21-22,24H,2-4,9,12,15-16H2,1H3. The zero-order chi connectivity index (χ0) is 19.3. The summed E-state index contributed by atoms with van der Waals surface area (Å²) >= 11 is 3.39. The third-order valence-electron chi connectivity index (χ3n) is 5.90. The Hall–Kier alpha value is -0.910. The molecule has 4 rings (SSSR count). The molecule has 4 atom stereocenters. The maximum Gasteiger partial charge on any atom is 0.233 e. The Labute approximate surface area is 172 Å². The summed E-state index contributed by atoms with van der Waals surface area (Å²) in [7, 11) is -3.43. The molecule has 3 aliphatic carbocycles. The van der Waals surface area contributed by atoms with Crippen LogP contribution in [0.1, 0.15) is 57.4 Å². The molecule has 0 aromatic heterocycles. The van der Waals surface area contributed by atoms with Gasteiger partial charge in [0.15, 0.2) is 0 Å². The number of fused-ring (bicyclic) bond motifs is 3. The maximum atomic E-state index is 12.6. The molecule has 1 N–H and O–H groups in total. The topological polar surface area (TPSA) is 46.2 Å². The van der Waals surface area contributed by atoms with Gasteiger partial charge in [0.1, 0.15) is 0 Å². The predicted octanol–water partition coefficient (Wildman–Crippen LogP) is 5.89. The summed E-state index contributed by atoms with van der Waals surface area (Å²) in [5, 5.41) is 1.31. The van der Waals surface area contributed by atoms with Gasteiger partial charge >= 0.3 is 0 Å². The molecular formula is C22H30BrNO2S. The number of hydrogen-bond donors (Lipinski definition) is 1. The Morgan fingerprint density at radius 3 is 2.67 bits per heavy atom. The van der Waals surface area contributed by atoms with E-state index in [-0.39, 0.29) is 6.04 Å². The van der Waals surface area contributed by atoms with E-state index >= 15 is 0 Å². The minimum absolute atomic E-state index is 0.0675. The van der Waals surface area contributed by atoms with Crippen molar-refractivity contribution in [3.8, 4) is 0 Å². The van der Waals surface area contributed by atoms with Crippen molar-refractivity contribution in [3.05, 3.63) is 51.9 Å². The summed E-state index contributed by atoms with van der Waals surface area (Å²) in [6.07, 6.45) is 14.5. The van der Waals surface area contributed by atoms with Gasteiger partial charge < -0.3 is 0 Å². The van der Waals surface area contributed by atoms with Crippen LogP contribution in [-0.2, 0) is 10.0 Å². The third kappa shape index (κ3) is 6.03. The smallest absolute Gasteiger partial charge is 0.208 e. The van der Waals surface area contributed by atoms with Crippen LogP contribution < -0.4 is 4.72 Å². The molecular weight excluding hydrogens is 422 g/mol. The van der Waals surface area contributed by atoms with Gasteiger partial charge in [0.25, 0.3) is 0 Å². The van der Waals surface area contributed by atoms with Crippen LogP contribution in [-0.4, -0.2) is 14.5 Å². The average Bonchev–Trinajstić information content (AvgIpc) is 2.65. The Bertz CT molecular complexity index is 770. The van der Waals surface area contributed by atoms with Crippen molar-refractivity contribution in [1.29, 1.82) is 0 Å². The Balaban J connectivity index is 1.63. The highest BCUT2D eigenvalue weighted by atomic mass is 79.9. The molecule has 3 aliphatic rings. The molecule has 0 amide bonds. The molecule has 3 saturated carbocycles. The lowest BCUT2D eigenvalue weighted by Gasteiger charge is -2.46. The van der Waals surface area contributed by atoms with Gasteiger partial charge in [-0.3, -0.25) is 0 Å².